The monoisotopic (exact) mass is 512 g/mol. The van der Waals surface area contributed by atoms with Gasteiger partial charge in [0.2, 0.25) is 10.0 Å². The molecular formula is C25H24N2O6S2. The molecule has 0 radical (unpaired) electrons. The second-order valence-corrected chi connectivity index (χ2v) is 10.9. The van der Waals surface area contributed by atoms with Gasteiger partial charge in [0, 0.05) is 16.1 Å². The second kappa shape index (κ2) is 9.29. The molecule has 4 rings (SSSR count). The van der Waals surface area contributed by atoms with E-state index in [4.69, 9.17) is 9.88 Å². The molecule has 2 aromatic carbocycles. The van der Waals surface area contributed by atoms with Crippen molar-refractivity contribution >= 4 is 44.5 Å². The van der Waals surface area contributed by atoms with Crippen LogP contribution in [0, 0.1) is 0 Å². The number of methoxy groups -OCH3 is 1. The normalized spacial score (nSPS) is 17.9. The molecule has 0 saturated carbocycles. The van der Waals surface area contributed by atoms with Gasteiger partial charge in [0.1, 0.15) is 17.6 Å². The number of aliphatic hydroxyl groups excluding tert-OH is 1. The molecule has 3 aromatic rings. The van der Waals surface area contributed by atoms with Crippen molar-refractivity contribution in [2.24, 2.45) is 5.14 Å². The zero-order chi connectivity index (χ0) is 25.5. The van der Waals surface area contributed by atoms with Gasteiger partial charge in [-0.05, 0) is 65.4 Å². The molecule has 0 bridgehead atoms. The lowest BCUT2D eigenvalue weighted by Gasteiger charge is -2.24. The van der Waals surface area contributed by atoms with Gasteiger partial charge < -0.3 is 9.84 Å². The minimum atomic E-state index is -3.93. The fourth-order valence-corrected chi connectivity index (χ4v) is 5.44. The lowest BCUT2D eigenvalue weighted by atomic mass is 9.95. The Balaban J connectivity index is 1.89. The van der Waals surface area contributed by atoms with Crippen molar-refractivity contribution in [3.8, 4) is 5.75 Å². The number of nitrogens with two attached hydrogens (primary N) is 1. The Morgan fingerprint density at radius 3 is 2.34 bits per heavy atom. The van der Waals surface area contributed by atoms with E-state index in [0.29, 0.717) is 21.9 Å². The van der Waals surface area contributed by atoms with Crippen LogP contribution in [0.5, 0.6) is 5.75 Å². The van der Waals surface area contributed by atoms with Crippen molar-refractivity contribution in [1.82, 2.24) is 0 Å². The minimum Gasteiger partial charge on any atom is -0.507 e. The van der Waals surface area contributed by atoms with Gasteiger partial charge in [-0.25, -0.2) is 13.6 Å². The number of hydrogen-bond donors (Lipinski definition) is 2. The number of carbonyl (C=O) groups excluding carboxylic acids is 2. The quantitative estimate of drug-likeness (QED) is 0.290. The molecule has 0 spiro atoms. The number of benzene rings is 2. The molecule has 1 atom stereocenters. The fraction of sp³-hybridized carbons (Fsp3) is 0.200. The number of thiophene rings is 1. The average molecular weight is 513 g/mol. The molecule has 182 valence electrons. The van der Waals surface area contributed by atoms with Crippen molar-refractivity contribution < 1.29 is 27.9 Å². The van der Waals surface area contributed by atoms with Crippen LogP contribution in [0.2, 0.25) is 0 Å². The van der Waals surface area contributed by atoms with E-state index in [1.807, 2.05) is 19.2 Å². The standard InChI is InChI=1S/C25H24N2O6S2/c1-14(2)18-13-15(6-11-19(18)33-3)23(28)21-22(20-5-4-12-34-20)27(25(30)24(21)29)16-7-9-17(10-8-16)35(26,31)32/h4-14,22,28H,1-3H3,(H2,26,31,32)/b23-21-. The maximum atomic E-state index is 13.2. The summed E-state index contributed by atoms with van der Waals surface area (Å²) in [5.74, 6) is -1.22. The molecule has 8 nitrogen and oxygen atoms in total. The Labute approximate surface area is 207 Å². The highest BCUT2D eigenvalue weighted by molar-refractivity contribution is 7.89. The molecule has 1 fully saturated rings. The number of nitrogens with zero attached hydrogens (tertiary/aromatic N) is 1. The van der Waals surface area contributed by atoms with Gasteiger partial charge >= 0.3 is 0 Å². The number of carbonyl (C=O) groups is 2. The van der Waals surface area contributed by atoms with Gasteiger partial charge in [-0.2, -0.15) is 0 Å². The van der Waals surface area contributed by atoms with Gasteiger partial charge in [-0.15, -0.1) is 11.3 Å². The molecule has 35 heavy (non-hydrogen) atoms. The van der Waals surface area contributed by atoms with Gasteiger partial charge in [0.25, 0.3) is 11.7 Å². The van der Waals surface area contributed by atoms with E-state index < -0.39 is 27.8 Å². The average Bonchev–Trinajstić information content (AvgIpc) is 3.44. The molecule has 1 amide bonds. The first kappa shape index (κ1) is 24.6. The number of primary sulfonamides is 1. The fourth-order valence-electron chi connectivity index (χ4n) is 4.10. The third-order valence-electron chi connectivity index (χ3n) is 5.83. The van der Waals surface area contributed by atoms with Crippen molar-refractivity contribution in [2.75, 3.05) is 12.0 Å². The Morgan fingerprint density at radius 1 is 1.11 bits per heavy atom. The van der Waals surface area contributed by atoms with Crippen LogP contribution in [0.25, 0.3) is 5.76 Å². The molecule has 1 unspecified atom stereocenters. The second-order valence-electron chi connectivity index (χ2n) is 8.33. The Morgan fingerprint density at radius 2 is 1.80 bits per heavy atom. The lowest BCUT2D eigenvalue weighted by molar-refractivity contribution is -0.132. The maximum Gasteiger partial charge on any atom is 0.300 e. The van der Waals surface area contributed by atoms with Crippen molar-refractivity contribution in [1.29, 1.82) is 0 Å². The SMILES string of the molecule is COc1ccc(/C(O)=C2/C(=O)C(=O)N(c3ccc(S(N)(=O)=O)cc3)C2c2cccs2)cc1C(C)C. The van der Waals surface area contributed by atoms with Gasteiger partial charge in [-0.3, -0.25) is 14.5 Å². The first-order valence-corrected chi connectivity index (χ1v) is 13.1. The topological polar surface area (TPSA) is 127 Å². The van der Waals surface area contributed by atoms with Crippen LogP contribution in [0.4, 0.5) is 5.69 Å². The third-order valence-corrected chi connectivity index (χ3v) is 7.68. The van der Waals surface area contributed by atoms with Crippen molar-refractivity contribution in [2.45, 2.75) is 30.7 Å². The largest absolute Gasteiger partial charge is 0.507 e. The molecule has 1 aromatic heterocycles. The van der Waals surface area contributed by atoms with Crippen LogP contribution in [0.1, 0.15) is 41.8 Å². The van der Waals surface area contributed by atoms with E-state index in [1.54, 1.807) is 37.4 Å². The van der Waals surface area contributed by atoms with Gasteiger partial charge in [0.05, 0.1) is 17.6 Å². The summed E-state index contributed by atoms with van der Waals surface area (Å²) in [6.45, 7) is 3.97. The van der Waals surface area contributed by atoms with Crippen molar-refractivity contribution in [3.63, 3.8) is 0 Å². The smallest absolute Gasteiger partial charge is 0.300 e. The number of Topliss-reactive ketones (excluding diaryl/α,β-unsaturated/α-hetero) is 1. The molecule has 1 aliphatic heterocycles. The molecule has 2 heterocycles. The predicted molar refractivity (Wildman–Crippen MR) is 134 cm³/mol. The Bertz CT molecular complexity index is 1430. The number of aliphatic hydroxyl groups is 1. The summed E-state index contributed by atoms with van der Waals surface area (Å²) in [4.78, 5) is 28.2. The number of amides is 1. The first-order chi connectivity index (χ1) is 16.5. The van der Waals surface area contributed by atoms with Crippen LogP contribution in [0.15, 0.2) is 70.4 Å². The summed E-state index contributed by atoms with van der Waals surface area (Å²) in [6.07, 6.45) is 0. The van der Waals surface area contributed by atoms with Crippen LogP contribution >= 0.6 is 11.3 Å². The first-order valence-electron chi connectivity index (χ1n) is 10.7. The third kappa shape index (κ3) is 4.47. The van der Waals surface area contributed by atoms with E-state index in [9.17, 15) is 23.1 Å². The van der Waals surface area contributed by atoms with Crippen LogP contribution in [-0.4, -0.2) is 32.3 Å². The summed E-state index contributed by atoms with van der Waals surface area (Å²) in [7, 11) is -2.37. The highest BCUT2D eigenvalue weighted by Crippen LogP contribution is 2.44. The van der Waals surface area contributed by atoms with E-state index >= 15 is 0 Å². The van der Waals surface area contributed by atoms with Crippen molar-refractivity contribution in [3.05, 3.63) is 81.6 Å². The molecule has 1 saturated heterocycles. The number of sulfonamides is 1. The Kier molecular flexibility index (Phi) is 6.54. The zero-order valence-electron chi connectivity index (χ0n) is 19.3. The van der Waals surface area contributed by atoms with E-state index in [0.717, 1.165) is 5.56 Å². The predicted octanol–water partition coefficient (Wildman–Crippen LogP) is 4.15. The minimum absolute atomic E-state index is 0.0483. The number of rotatable bonds is 6. The number of ether oxygens (including phenoxy) is 1. The van der Waals surface area contributed by atoms with Gasteiger partial charge in [0.15, 0.2) is 0 Å². The number of anilines is 1. The van der Waals surface area contributed by atoms with E-state index in [1.165, 1.54) is 40.5 Å². The van der Waals surface area contributed by atoms with E-state index in [-0.39, 0.29) is 22.1 Å². The molecule has 0 aliphatic carbocycles. The molecule has 10 heteroatoms. The summed E-state index contributed by atoms with van der Waals surface area (Å²) in [5.41, 5.74) is 1.48. The molecule has 3 N–H and O–H groups in total. The maximum absolute atomic E-state index is 13.2. The van der Waals surface area contributed by atoms with Crippen LogP contribution < -0.4 is 14.8 Å². The summed E-state index contributed by atoms with van der Waals surface area (Å²) in [6, 6.07) is 13.1. The number of ketones is 1. The summed E-state index contributed by atoms with van der Waals surface area (Å²) in [5, 5.41) is 18.3. The summed E-state index contributed by atoms with van der Waals surface area (Å²) < 4.78 is 28.7. The Hall–Kier alpha value is -3.47. The molecular weight excluding hydrogens is 488 g/mol. The lowest BCUT2D eigenvalue weighted by Crippen LogP contribution is -2.29. The summed E-state index contributed by atoms with van der Waals surface area (Å²) >= 11 is 1.33. The number of hydrogen-bond acceptors (Lipinski definition) is 7. The van der Waals surface area contributed by atoms with E-state index in [2.05, 4.69) is 0 Å². The highest BCUT2D eigenvalue weighted by atomic mass is 32.2. The zero-order valence-corrected chi connectivity index (χ0v) is 20.9. The van der Waals surface area contributed by atoms with Gasteiger partial charge in [-0.1, -0.05) is 19.9 Å². The molecule has 1 aliphatic rings. The highest BCUT2D eigenvalue weighted by Gasteiger charge is 2.47. The van der Waals surface area contributed by atoms with Crippen LogP contribution in [-0.2, 0) is 19.6 Å². The van der Waals surface area contributed by atoms with Crippen LogP contribution in [0.3, 0.4) is 0 Å².